The van der Waals surface area contributed by atoms with Gasteiger partial charge in [0, 0.05) is 5.56 Å². The molecule has 2 nitrogen and oxygen atoms in total. The van der Waals surface area contributed by atoms with Gasteiger partial charge in [-0.25, -0.2) is 4.98 Å². The molecule has 0 saturated carbocycles. The highest BCUT2D eigenvalue weighted by molar-refractivity contribution is 5.95. The number of aryl methyl sites for hydroxylation is 1. The first-order chi connectivity index (χ1) is 7.36. The minimum Gasteiger partial charge on any atom is -0.294 e. The van der Waals surface area contributed by atoms with Crippen molar-refractivity contribution in [3.63, 3.8) is 0 Å². The molecule has 0 fully saturated rings. The van der Waals surface area contributed by atoms with E-state index < -0.39 is 11.9 Å². The van der Waals surface area contributed by atoms with E-state index in [0.717, 1.165) is 6.07 Å². The highest BCUT2D eigenvalue weighted by Gasteiger charge is 2.33. The predicted molar refractivity (Wildman–Crippen MR) is 53.2 cm³/mol. The number of carbonyl (C=O) groups is 1. The van der Waals surface area contributed by atoms with Gasteiger partial charge < -0.3 is 0 Å². The van der Waals surface area contributed by atoms with Crippen molar-refractivity contribution >= 4 is 5.78 Å². The second-order valence-electron chi connectivity index (χ2n) is 3.49. The molecule has 0 atom stereocenters. The highest BCUT2D eigenvalue weighted by atomic mass is 19.4. The first kappa shape index (κ1) is 12.7. The molecule has 0 aliphatic rings. The van der Waals surface area contributed by atoms with E-state index in [9.17, 15) is 18.0 Å². The van der Waals surface area contributed by atoms with Gasteiger partial charge in [-0.3, -0.25) is 4.79 Å². The zero-order valence-electron chi connectivity index (χ0n) is 9.06. The summed E-state index contributed by atoms with van der Waals surface area (Å²) < 4.78 is 37.2. The number of aromatic nitrogens is 1. The Morgan fingerprint density at radius 2 is 2.00 bits per heavy atom. The number of carbonyl (C=O) groups excluding carboxylic acids is 1. The van der Waals surface area contributed by atoms with Crippen molar-refractivity contribution in [3.8, 4) is 0 Å². The van der Waals surface area contributed by atoms with Gasteiger partial charge in [0.15, 0.2) is 5.78 Å². The minimum absolute atomic E-state index is 0.227. The summed E-state index contributed by atoms with van der Waals surface area (Å²) in [5.74, 6) is -0.260. The largest absolute Gasteiger partial charge is 0.433 e. The number of alkyl halides is 3. The van der Waals surface area contributed by atoms with E-state index in [1.807, 2.05) is 6.92 Å². The van der Waals surface area contributed by atoms with Gasteiger partial charge in [-0.2, -0.15) is 13.2 Å². The lowest BCUT2D eigenvalue weighted by Crippen LogP contribution is -2.12. The second kappa shape index (κ2) is 4.63. The number of hydrogen-bond donors (Lipinski definition) is 0. The van der Waals surface area contributed by atoms with E-state index in [-0.39, 0.29) is 17.0 Å². The van der Waals surface area contributed by atoms with Crippen molar-refractivity contribution < 1.29 is 18.0 Å². The summed E-state index contributed by atoms with van der Waals surface area (Å²) in [6.07, 6.45) is -3.44. The number of pyridine rings is 1. The summed E-state index contributed by atoms with van der Waals surface area (Å²) in [6, 6.07) is 2.04. The van der Waals surface area contributed by atoms with Crippen LogP contribution in [0.4, 0.5) is 13.2 Å². The molecule has 0 aromatic carbocycles. The SMILES string of the molecule is CCCc1nc(C(F)(F)F)ccc1C(C)=O. The molecule has 1 heterocycles. The van der Waals surface area contributed by atoms with Crippen LogP contribution >= 0.6 is 0 Å². The van der Waals surface area contributed by atoms with Crippen molar-refractivity contribution in [1.29, 1.82) is 0 Å². The average Bonchev–Trinajstić information content (AvgIpc) is 2.16. The van der Waals surface area contributed by atoms with Crippen molar-refractivity contribution in [2.45, 2.75) is 32.9 Å². The zero-order valence-corrected chi connectivity index (χ0v) is 9.06. The van der Waals surface area contributed by atoms with Gasteiger partial charge in [-0.1, -0.05) is 13.3 Å². The fourth-order valence-electron chi connectivity index (χ4n) is 1.41. The fraction of sp³-hybridized carbons (Fsp3) is 0.455. The average molecular weight is 231 g/mol. The lowest BCUT2D eigenvalue weighted by molar-refractivity contribution is -0.141. The second-order valence-corrected chi connectivity index (χ2v) is 3.49. The van der Waals surface area contributed by atoms with Gasteiger partial charge in [-0.15, -0.1) is 0 Å². The summed E-state index contributed by atoms with van der Waals surface area (Å²) in [4.78, 5) is 14.7. The van der Waals surface area contributed by atoms with Crippen LogP contribution in [0.15, 0.2) is 12.1 Å². The molecule has 88 valence electrons. The Labute approximate surface area is 91.5 Å². The monoisotopic (exact) mass is 231 g/mol. The smallest absolute Gasteiger partial charge is 0.294 e. The van der Waals surface area contributed by atoms with E-state index in [0.29, 0.717) is 12.8 Å². The maximum absolute atomic E-state index is 12.4. The Balaban J connectivity index is 3.22. The molecule has 0 unspecified atom stereocenters. The first-order valence-electron chi connectivity index (χ1n) is 4.94. The maximum Gasteiger partial charge on any atom is 0.433 e. The van der Waals surface area contributed by atoms with Gasteiger partial charge in [0.2, 0.25) is 0 Å². The molecule has 5 heteroatoms. The molecule has 1 aromatic heterocycles. The van der Waals surface area contributed by atoms with Gasteiger partial charge in [0.1, 0.15) is 5.69 Å². The van der Waals surface area contributed by atoms with Crippen LogP contribution in [-0.4, -0.2) is 10.8 Å². The van der Waals surface area contributed by atoms with E-state index in [1.165, 1.54) is 13.0 Å². The summed E-state index contributed by atoms with van der Waals surface area (Å²) in [5, 5.41) is 0. The van der Waals surface area contributed by atoms with Crippen LogP contribution in [0.5, 0.6) is 0 Å². The van der Waals surface area contributed by atoms with Crippen LogP contribution in [0.2, 0.25) is 0 Å². The molecule has 1 aromatic rings. The highest BCUT2D eigenvalue weighted by Crippen LogP contribution is 2.28. The van der Waals surface area contributed by atoms with Gasteiger partial charge in [0.05, 0.1) is 5.69 Å². The lowest BCUT2D eigenvalue weighted by atomic mass is 10.1. The zero-order chi connectivity index (χ0) is 12.3. The molecule has 0 amide bonds. The standard InChI is InChI=1S/C11H12F3NO/c1-3-4-9-8(7(2)16)5-6-10(15-9)11(12,13)14/h5-6H,3-4H2,1-2H3. The van der Waals surface area contributed by atoms with Crippen molar-refractivity contribution in [2.24, 2.45) is 0 Å². The molecule has 0 spiro atoms. The Morgan fingerprint density at radius 1 is 1.38 bits per heavy atom. The van der Waals surface area contributed by atoms with Crippen LogP contribution in [0.25, 0.3) is 0 Å². The lowest BCUT2D eigenvalue weighted by Gasteiger charge is -2.10. The number of nitrogens with zero attached hydrogens (tertiary/aromatic N) is 1. The topological polar surface area (TPSA) is 30.0 Å². The normalized spacial score (nSPS) is 11.6. The minimum atomic E-state index is -4.46. The first-order valence-corrected chi connectivity index (χ1v) is 4.94. The molecule has 1 rings (SSSR count). The van der Waals surface area contributed by atoms with Crippen LogP contribution in [0, 0.1) is 0 Å². The quantitative estimate of drug-likeness (QED) is 0.747. The third kappa shape index (κ3) is 2.81. The molecule has 16 heavy (non-hydrogen) atoms. The Morgan fingerprint density at radius 3 is 2.44 bits per heavy atom. The molecule has 0 aliphatic heterocycles. The van der Waals surface area contributed by atoms with E-state index in [4.69, 9.17) is 0 Å². The summed E-state index contributed by atoms with van der Waals surface area (Å²) in [7, 11) is 0. The Hall–Kier alpha value is -1.39. The molecule has 0 saturated heterocycles. The predicted octanol–water partition coefficient (Wildman–Crippen LogP) is 3.26. The third-order valence-electron chi connectivity index (χ3n) is 2.13. The van der Waals surface area contributed by atoms with E-state index in [2.05, 4.69) is 4.98 Å². The maximum atomic E-state index is 12.4. The van der Waals surface area contributed by atoms with Crippen LogP contribution in [0.1, 0.15) is 42.0 Å². The van der Waals surface area contributed by atoms with E-state index in [1.54, 1.807) is 0 Å². The van der Waals surface area contributed by atoms with Crippen LogP contribution < -0.4 is 0 Å². The fourth-order valence-corrected chi connectivity index (χ4v) is 1.41. The number of hydrogen-bond acceptors (Lipinski definition) is 2. The summed E-state index contributed by atoms with van der Waals surface area (Å²) >= 11 is 0. The Kier molecular flexibility index (Phi) is 3.67. The molecular weight excluding hydrogens is 219 g/mol. The molecule has 0 bridgehead atoms. The molecule has 0 aliphatic carbocycles. The third-order valence-corrected chi connectivity index (χ3v) is 2.13. The van der Waals surface area contributed by atoms with Crippen molar-refractivity contribution in [1.82, 2.24) is 4.98 Å². The van der Waals surface area contributed by atoms with Crippen molar-refractivity contribution in [2.75, 3.05) is 0 Å². The molecule has 0 N–H and O–H groups in total. The van der Waals surface area contributed by atoms with Crippen LogP contribution in [-0.2, 0) is 12.6 Å². The van der Waals surface area contributed by atoms with Crippen LogP contribution in [0.3, 0.4) is 0 Å². The number of halogens is 3. The summed E-state index contributed by atoms with van der Waals surface area (Å²) in [5.41, 5.74) is -0.444. The van der Waals surface area contributed by atoms with Crippen molar-refractivity contribution in [3.05, 3.63) is 29.1 Å². The van der Waals surface area contributed by atoms with E-state index >= 15 is 0 Å². The Bertz CT molecular complexity index is 399. The number of rotatable bonds is 3. The molecular formula is C11H12F3NO. The van der Waals surface area contributed by atoms with Gasteiger partial charge in [-0.05, 0) is 25.5 Å². The molecule has 0 radical (unpaired) electrons. The number of ketones is 1. The van der Waals surface area contributed by atoms with Gasteiger partial charge >= 0.3 is 6.18 Å². The van der Waals surface area contributed by atoms with Gasteiger partial charge in [0.25, 0.3) is 0 Å². The summed E-state index contributed by atoms with van der Waals surface area (Å²) in [6.45, 7) is 3.15. The number of Topliss-reactive ketones (excluding diaryl/α,β-unsaturated/α-hetero) is 1.